The molecule has 0 spiro atoms. The molecule has 2 N–H and O–H groups in total. The van der Waals surface area contributed by atoms with E-state index in [9.17, 15) is 14.4 Å². The van der Waals surface area contributed by atoms with Crippen LogP contribution in [0.5, 0.6) is 0 Å². The number of amides is 1. The van der Waals surface area contributed by atoms with Crippen LogP contribution in [0.4, 0.5) is 10.2 Å². The number of carbonyl (C=O) groups excluding carboxylic acids is 1. The lowest BCUT2D eigenvalue weighted by atomic mass is 10.1. The minimum atomic E-state index is -0.521. The van der Waals surface area contributed by atoms with E-state index in [2.05, 4.69) is 20.4 Å². The van der Waals surface area contributed by atoms with Gasteiger partial charge in [0.1, 0.15) is 17.3 Å². The van der Waals surface area contributed by atoms with Crippen molar-refractivity contribution in [3.63, 3.8) is 0 Å². The van der Waals surface area contributed by atoms with E-state index in [1.807, 2.05) is 6.07 Å². The number of rotatable bonds is 4. The van der Waals surface area contributed by atoms with Gasteiger partial charge in [0.2, 0.25) is 6.20 Å². The topological polar surface area (TPSA) is 96.3 Å². The van der Waals surface area contributed by atoms with Crippen LogP contribution in [-0.4, -0.2) is 30.7 Å². The molecule has 32 heavy (non-hydrogen) atoms. The Bertz CT molecular complexity index is 1450. The molecule has 5 rings (SSSR count). The maximum Gasteiger partial charge on any atom is 0.326 e. The lowest BCUT2D eigenvalue weighted by molar-refractivity contribution is -0.905. The highest BCUT2D eigenvalue weighted by atomic mass is 19.1. The van der Waals surface area contributed by atoms with Crippen LogP contribution >= 0.6 is 0 Å². The van der Waals surface area contributed by atoms with Crippen LogP contribution in [0.1, 0.15) is 10.5 Å². The van der Waals surface area contributed by atoms with Crippen LogP contribution in [0.25, 0.3) is 28.2 Å². The minimum absolute atomic E-state index is 0.0585. The Kier molecular flexibility index (Phi) is 4.75. The number of pyridine rings is 2. The van der Waals surface area contributed by atoms with Gasteiger partial charge in [-0.1, -0.05) is 0 Å². The van der Waals surface area contributed by atoms with Gasteiger partial charge in [-0.25, -0.2) is 18.9 Å². The molecule has 0 aliphatic heterocycles. The van der Waals surface area contributed by atoms with Crippen molar-refractivity contribution in [3.05, 3.63) is 96.8 Å². The van der Waals surface area contributed by atoms with Gasteiger partial charge in [0.25, 0.3) is 0 Å². The summed E-state index contributed by atoms with van der Waals surface area (Å²) in [6.45, 7) is 0. The number of imidazole rings is 1. The van der Waals surface area contributed by atoms with E-state index in [4.69, 9.17) is 0 Å². The van der Waals surface area contributed by atoms with E-state index in [0.29, 0.717) is 22.6 Å². The molecule has 4 heterocycles. The molecule has 8 nitrogen and oxygen atoms in total. The van der Waals surface area contributed by atoms with Gasteiger partial charge in [0.05, 0.1) is 5.69 Å². The highest BCUT2D eigenvalue weighted by molar-refractivity contribution is 6.01. The maximum atomic E-state index is 13.5. The Morgan fingerprint density at radius 3 is 2.66 bits per heavy atom. The zero-order chi connectivity index (χ0) is 22.1. The SMILES string of the molecule is O=C(Nc1cc(-c2c(-c3ccc(F)cc3)nc3cccnn23)ccn1)c1cccc[n+]1O. The average molecular weight is 427 g/mol. The first-order chi connectivity index (χ1) is 15.6. The van der Waals surface area contributed by atoms with Crippen molar-refractivity contribution < 1.29 is 19.1 Å². The van der Waals surface area contributed by atoms with Crippen LogP contribution in [-0.2, 0) is 0 Å². The van der Waals surface area contributed by atoms with Crippen LogP contribution in [0.15, 0.2) is 85.3 Å². The van der Waals surface area contributed by atoms with E-state index in [1.54, 1.807) is 59.4 Å². The van der Waals surface area contributed by atoms with E-state index < -0.39 is 5.91 Å². The third kappa shape index (κ3) is 3.52. The summed E-state index contributed by atoms with van der Waals surface area (Å²) in [4.78, 5) is 21.5. The Morgan fingerprint density at radius 2 is 1.84 bits per heavy atom. The van der Waals surface area contributed by atoms with Gasteiger partial charge in [-0.2, -0.15) is 5.10 Å². The molecular formula is C23H16FN6O2+. The molecule has 0 fully saturated rings. The minimum Gasteiger partial charge on any atom is -0.301 e. The molecule has 0 saturated heterocycles. The number of hydrogen-bond donors (Lipinski definition) is 2. The first-order valence-corrected chi connectivity index (χ1v) is 9.67. The standard InChI is InChI=1S/C23H15FN6O2/c24-17-8-6-15(7-9-17)21-22(30-20(28-21)5-3-11-26-30)16-10-12-25-19(14-16)27-23(31)18-4-1-2-13-29(18)32/h1-14H,(H-,25,27,31,32)/p+1. The normalized spacial score (nSPS) is 10.9. The second-order valence-corrected chi connectivity index (χ2v) is 6.92. The lowest BCUT2D eigenvalue weighted by Gasteiger charge is -2.07. The van der Waals surface area contributed by atoms with Crippen molar-refractivity contribution in [2.75, 3.05) is 5.32 Å². The maximum absolute atomic E-state index is 13.5. The summed E-state index contributed by atoms with van der Waals surface area (Å²) in [5, 5.41) is 16.9. The van der Waals surface area contributed by atoms with E-state index in [-0.39, 0.29) is 17.3 Å². The van der Waals surface area contributed by atoms with Crippen molar-refractivity contribution in [3.8, 4) is 22.5 Å². The average Bonchev–Trinajstić information content (AvgIpc) is 3.19. The predicted molar refractivity (Wildman–Crippen MR) is 113 cm³/mol. The summed E-state index contributed by atoms with van der Waals surface area (Å²) in [7, 11) is 0. The molecule has 1 aromatic carbocycles. The summed E-state index contributed by atoms with van der Waals surface area (Å²) in [5.74, 6) is -0.576. The monoisotopic (exact) mass is 427 g/mol. The molecule has 0 bridgehead atoms. The summed E-state index contributed by atoms with van der Waals surface area (Å²) < 4.78 is 15.9. The summed E-state index contributed by atoms with van der Waals surface area (Å²) >= 11 is 0. The molecule has 156 valence electrons. The number of benzene rings is 1. The smallest absolute Gasteiger partial charge is 0.301 e. The molecule has 4 aromatic heterocycles. The van der Waals surface area contributed by atoms with Gasteiger partial charge < -0.3 is 5.32 Å². The zero-order valence-corrected chi connectivity index (χ0v) is 16.6. The molecule has 0 atom stereocenters. The second kappa shape index (κ2) is 7.88. The third-order valence-electron chi connectivity index (χ3n) is 4.86. The first-order valence-electron chi connectivity index (χ1n) is 9.67. The molecule has 0 unspecified atom stereocenters. The summed E-state index contributed by atoms with van der Waals surface area (Å²) in [5.41, 5.74) is 3.38. The Hall–Kier alpha value is -4.66. The highest BCUT2D eigenvalue weighted by Crippen LogP contribution is 2.33. The number of hydrogen-bond acceptors (Lipinski definition) is 5. The molecule has 0 aliphatic carbocycles. The van der Waals surface area contributed by atoms with E-state index >= 15 is 0 Å². The molecule has 9 heteroatoms. The number of fused-ring (bicyclic) bond motifs is 1. The third-order valence-corrected chi connectivity index (χ3v) is 4.86. The quantitative estimate of drug-likeness (QED) is 0.339. The number of anilines is 1. The Labute approximate surface area is 181 Å². The van der Waals surface area contributed by atoms with Gasteiger partial charge >= 0.3 is 11.6 Å². The van der Waals surface area contributed by atoms with Crippen molar-refractivity contribution >= 4 is 17.4 Å². The van der Waals surface area contributed by atoms with Crippen molar-refractivity contribution in [2.24, 2.45) is 0 Å². The summed E-state index contributed by atoms with van der Waals surface area (Å²) in [6.07, 6.45) is 4.56. The Balaban J connectivity index is 1.59. The van der Waals surface area contributed by atoms with Crippen LogP contribution in [0.3, 0.4) is 0 Å². The first kappa shape index (κ1) is 19.3. The molecule has 5 aromatic rings. The predicted octanol–water partition coefficient (Wildman–Crippen LogP) is 3.37. The van der Waals surface area contributed by atoms with Gasteiger partial charge in [-0.3, -0.25) is 10.0 Å². The van der Waals surface area contributed by atoms with E-state index in [0.717, 1.165) is 10.3 Å². The van der Waals surface area contributed by atoms with E-state index in [1.165, 1.54) is 24.4 Å². The molecule has 1 amide bonds. The van der Waals surface area contributed by atoms with Crippen LogP contribution in [0.2, 0.25) is 0 Å². The van der Waals surface area contributed by atoms with Gasteiger partial charge in [-0.05, 0) is 54.6 Å². The largest absolute Gasteiger partial charge is 0.326 e. The number of carbonyl (C=O) groups is 1. The lowest BCUT2D eigenvalue weighted by Crippen LogP contribution is -2.39. The number of nitrogens with zero attached hydrogens (tertiary/aromatic N) is 5. The van der Waals surface area contributed by atoms with Gasteiger partial charge in [-0.15, -0.1) is 0 Å². The fourth-order valence-electron chi connectivity index (χ4n) is 3.40. The second-order valence-electron chi connectivity index (χ2n) is 6.92. The Morgan fingerprint density at radius 1 is 1.00 bits per heavy atom. The summed E-state index contributed by atoms with van der Waals surface area (Å²) in [6, 6.07) is 17.8. The molecule has 0 saturated carbocycles. The number of halogens is 1. The highest BCUT2D eigenvalue weighted by Gasteiger charge is 2.21. The fraction of sp³-hybridized carbons (Fsp3) is 0. The molecular weight excluding hydrogens is 411 g/mol. The van der Waals surface area contributed by atoms with Crippen LogP contribution in [0, 0.1) is 5.82 Å². The fourth-order valence-corrected chi connectivity index (χ4v) is 3.40. The zero-order valence-electron chi connectivity index (χ0n) is 16.6. The van der Waals surface area contributed by atoms with Crippen LogP contribution < -0.4 is 10.0 Å². The number of aromatic nitrogens is 5. The van der Waals surface area contributed by atoms with Gasteiger partial charge in [0, 0.05) is 40.4 Å². The number of nitrogens with one attached hydrogen (secondary N) is 1. The molecule has 0 aliphatic rings. The van der Waals surface area contributed by atoms with Crippen molar-refractivity contribution in [1.29, 1.82) is 0 Å². The van der Waals surface area contributed by atoms with Crippen molar-refractivity contribution in [1.82, 2.24) is 19.6 Å². The van der Waals surface area contributed by atoms with Crippen molar-refractivity contribution in [2.45, 2.75) is 0 Å². The molecule has 0 radical (unpaired) electrons. The van der Waals surface area contributed by atoms with Gasteiger partial charge in [0.15, 0.2) is 5.65 Å².